The second kappa shape index (κ2) is 6.00. The van der Waals surface area contributed by atoms with Gasteiger partial charge in [-0.25, -0.2) is 0 Å². The van der Waals surface area contributed by atoms with Crippen LogP contribution in [0.3, 0.4) is 0 Å². The molecule has 0 spiro atoms. The zero-order valence-electron chi connectivity index (χ0n) is 10.2. The summed E-state index contributed by atoms with van der Waals surface area (Å²) in [7, 11) is 0. The Labute approximate surface area is 98.5 Å². The van der Waals surface area contributed by atoms with Gasteiger partial charge in [-0.3, -0.25) is 4.98 Å². The summed E-state index contributed by atoms with van der Waals surface area (Å²) in [5, 5.41) is 3.56. The average Bonchev–Trinajstić information content (AvgIpc) is 2.83. The molecule has 2 nitrogen and oxygen atoms in total. The number of pyridine rings is 1. The third-order valence-corrected chi connectivity index (χ3v) is 3.61. The standard InChI is InChI=1S/C14H22N2/c1-12(14-8-4-5-10-16-14)15-11-9-13-6-2-3-7-13/h4-5,8,10,12-13,15H,2-3,6-7,9,11H2,1H3. The predicted molar refractivity (Wildman–Crippen MR) is 67.2 cm³/mol. The minimum Gasteiger partial charge on any atom is -0.309 e. The fraction of sp³-hybridized carbons (Fsp3) is 0.643. The van der Waals surface area contributed by atoms with Crippen LogP contribution in [-0.4, -0.2) is 11.5 Å². The number of nitrogens with one attached hydrogen (secondary N) is 1. The molecule has 1 aliphatic rings. The molecule has 0 radical (unpaired) electrons. The van der Waals surface area contributed by atoms with Crippen molar-refractivity contribution in [2.75, 3.05) is 6.54 Å². The van der Waals surface area contributed by atoms with E-state index in [1.54, 1.807) is 0 Å². The zero-order valence-corrected chi connectivity index (χ0v) is 10.2. The van der Waals surface area contributed by atoms with Crippen LogP contribution < -0.4 is 5.32 Å². The van der Waals surface area contributed by atoms with Gasteiger partial charge in [0.25, 0.3) is 0 Å². The SMILES string of the molecule is CC(NCCC1CCCC1)c1ccccn1. The van der Waals surface area contributed by atoms with Gasteiger partial charge in [0.15, 0.2) is 0 Å². The van der Waals surface area contributed by atoms with Crippen LogP contribution in [0, 0.1) is 5.92 Å². The van der Waals surface area contributed by atoms with Gasteiger partial charge in [0.05, 0.1) is 5.69 Å². The molecule has 2 rings (SSSR count). The molecule has 1 saturated carbocycles. The maximum Gasteiger partial charge on any atom is 0.0570 e. The lowest BCUT2D eigenvalue weighted by atomic mass is 10.0. The molecule has 1 heterocycles. The summed E-state index contributed by atoms with van der Waals surface area (Å²) in [6, 6.07) is 6.49. The first-order valence-electron chi connectivity index (χ1n) is 6.50. The molecule has 1 aromatic rings. The maximum atomic E-state index is 4.37. The molecular formula is C14H22N2. The topological polar surface area (TPSA) is 24.9 Å². The Hall–Kier alpha value is -0.890. The lowest BCUT2D eigenvalue weighted by Gasteiger charge is -2.15. The van der Waals surface area contributed by atoms with Gasteiger partial charge in [-0.2, -0.15) is 0 Å². The summed E-state index contributed by atoms with van der Waals surface area (Å²) in [6.07, 6.45) is 8.97. The molecule has 1 N–H and O–H groups in total. The van der Waals surface area contributed by atoms with Crippen LogP contribution in [0.2, 0.25) is 0 Å². The van der Waals surface area contributed by atoms with E-state index in [-0.39, 0.29) is 0 Å². The van der Waals surface area contributed by atoms with Crippen molar-refractivity contribution in [1.29, 1.82) is 0 Å². The molecule has 0 saturated heterocycles. The van der Waals surface area contributed by atoms with Crippen molar-refractivity contribution in [2.45, 2.75) is 45.1 Å². The minimum atomic E-state index is 0.377. The minimum absolute atomic E-state index is 0.377. The van der Waals surface area contributed by atoms with E-state index in [1.165, 1.54) is 32.1 Å². The average molecular weight is 218 g/mol. The molecule has 1 fully saturated rings. The van der Waals surface area contributed by atoms with Gasteiger partial charge < -0.3 is 5.32 Å². The van der Waals surface area contributed by atoms with Gasteiger partial charge in [0.1, 0.15) is 0 Å². The van der Waals surface area contributed by atoms with Crippen molar-refractivity contribution in [1.82, 2.24) is 10.3 Å². The summed E-state index contributed by atoms with van der Waals surface area (Å²) in [6.45, 7) is 3.32. The quantitative estimate of drug-likeness (QED) is 0.820. The molecule has 2 heteroatoms. The number of hydrogen-bond donors (Lipinski definition) is 1. The van der Waals surface area contributed by atoms with Gasteiger partial charge in [-0.15, -0.1) is 0 Å². The highest BCUT2D eigenvalue weighted by atomic mass is 14.9. The molecule has 0 aliphatic heterocycles. The van der Waals surface area contributed by atoms with E-state index in [1.807, 2.05) is 12.3 Å². The fourth-order valence-corrected chi connectivity index (χ4v) is 2.54. The van der Waals surface area contributed by atoms with Crippen LogP contribution in [0.25, 0.3) is 0 Å². The molecule has 0 aromatic carbocycles. The van der Waals surface area contributed by atoms with Crippen LogP contribution >= 0.6 is 0 Å². The van der Waals surface area contributed by atoms with Gasteiger partial charge >= 0.3 is 0 Å². The van der Waals surface area contributed by atoms with E-state index >= 15 is 0 Å². The van der Waals surface area contributed by atoms with Crippen molar-refractivity contribution < 1.29 is 0 Å². The zero-order chi connectivity index (χ0) is 11.2. The Morgan fingerprint density at radius 3 is 2.88 bits per heavy atom. The monoisotopic (exact) mass is 218 g/mol. The number of rotatable bonds is 5. The molecule has 1 unspecified atom stereocenters. The summed E-state index contributed by atoms with van der Waals surface area (Å²) < 4.78 is 0. The lowest BCUT2D eigenvalue weighted by Crippen LogP contribution is -2.22. The van der Waals surface area contributed by atoms with Gasteiger partial charge in [-0.1, -0.05) is 31.7 Å². The van der Waals surface area contributed by atoms with Crippen molar-refractivity contribution in [3.05, 3.63) is 30.1 Å². The first-order chi connectivity index (χ1) is 7.86. The van der Waals surface area contributed by atoms with E-state index in [0.29, 0.717) is 6.04 Å². The smallest absolute Gasteiger partial charge is 0.0570 e. The second-order valence-corrected chi connectivity index (χ2v) is 4.87. The molecule has 16 heavy (non-hydrogen) atoms. The molecule has 0 bridgehead atoms. The van der Waals surface area contributed by atoms with Gasteiger partial charge in [0, 0.05) is 12.2 Å². The summed E-state index contributed by atoms with van der Waals surface area (Å²) in [5.74, 6) is 0.975. The number of nitrogens with zero attached hydrogens (tertiary/aromatic N) is 1. The van der Waals surface area contributed by atoms with Crippen LogP contribution in [0.5, 0.6) is 0 Å². The third-order valence-electron chi connectivity index (χ3n) is 3.61. The van der Waals surface area contributed by atoms with Crippen LogP contribution in [0.4, 0.5) is 0 Å². The van der Waals surface area contributed by atoms with E-state index in [2.05, 4.69) is 29.4 Å². The molecule has 0 amide bonds. The van der Waals surface area contributed by atoms with E-state index < -0.39 is 0 Å². The summed E-state index contributed by atoms with van der Waals surface area (Å²) in [5.41, 5.74) is 1.15. The van der Waals surface area contributed by atoms with Crippen molar-refractivity contribution in [3.63, 3.8) is 0 Å². The van der Waals surface area contributed by atoms with E-state index in [0.717, 1.165) is 18.2 Å². The highest BCUT2D eigenvalue weighted by Gasteiger charge is 2.14. The molecule has 88 valence electrons. The van der Waals surface area contributed by atoms with Crippen molar-refractivity contribution >= 4 is 0 Å². The second-order valence-electron chi connectivity index (χ2n) is 4.87. The first kappa shape index (κ1) is 11.6. The maximum absolute atomic E-state index is 4.37. The Balaban J connectivity index is 1.69. The molecule has 1 aromatic heterocycles. The van der Waals surface area contributed by atoms with Crippen molar-refractivity contribution in [3.8, 4) is 0 Å². The van der Waals surface area contributed by atoms with Gasteiger partial charge in [-0.05, 0) is 37.9 Å². The largest absolute Gasteiger partial charge is 0.309 e. The normalized spacial score (nSPS) is 18.8. The fourth-order valence-electron chi connectivity index (χ4n) is 2.54. The summed E-state index contributed by atoms with van der Waals surface area (Å²) >= 11 is 0. The Bertz CT molecular complexity index is 291. The number of aromatic nitrogens is 1. The van der Waals surface area contributed by atoms with Crippen LogP contribution in [0.1, 0.15) is 50.8 Å². The first-order valence-corrected chi connectivity index (χ1v) is 6.50. The number of hydrogen-bond acceptors (Lipinski definition) is 2. The Morgan fingerprint density at radius 2 is 2.19 bits per heavy atom. The lowest BCUT2D eigenvalue weighted by molar-refractivity contribution is 0.452. The highest BCUT2D eigenvalue weighted by molar-refractivity contribution is 5.07. The Kier molecular flexibility index (Phi) is 4.34. The van der Waals surface area contributed by atoms with Crippen LogP contribution in [0.15, 0.2) is 24.4 Å². The van der Waals surface area contributed by atoms with E-state index in [9.17, 15) is 0 Å². The third kappa shape index (κ3) is 3.31. The van der Waals surface area contributed by atoms with Crippen LogP contribution in [-0.2, 0) is 0 Å². The van der Waals surface area contributed by atoms with Crippen molar-refractivity contribution in [2.24, 2.45) is 5.92 Å². The molecule has 1 atom stereocenters. The Morgan fingerprint density at radius 1 is 1.38 bits per heavy atom. The van der Waals surface area contributed by atoms with Gasteiger partial charge in [0.2, 0.25) is 0 Å². The predicted octanol–water partition coefficient (Wildman–Crippen LogP) is 3.31. The highest BCUT2D eigenvalue weighted by Crippen LogP contribution is 2.27. The summed E-state index contributed by atoms with van der Waals surface area (Å²) in [4.78, 5) is 4.37. The molecule has 1 aliphatic carbocycles. The van der Waals surface area contributed by atoms with E-state index in [4.69, 9.17) is 0 Å². The molecular weight excluding hydrogens is 196 g/mol.